The van der Waals surface area contributed by atoms with E-state index in [0.717, 1.165) is 30.6 Å². The zero-order valence-corrected chi connectivity index (χ0v) is 17.8. The molecule has 1 saturated carbocycles. The van der Waals surface area contributed by atoms with Crippen LogP contribution in [0.25, 0.3) is 0 Å². The summed E-state index contributed by atoms with van der Waals surface area (Å²) in [5.74, 6) is -0.837. The van der Waals surface area contributed by atoms with Gasteiger partial charge in [0.2, 0.25) is 0 Å². The van der Waals surface area contributed by atoms with E-state index in [1.165, 1.54) is 11.3 Å². The van der Waals surface area contributed by atoms with Crippen molar-refractivity contribution in [1.82, 2.24) is 0 Å². The van der Waals surface area contributed by atoms with Crippen LogP contribution in [0.3, 0.4) is 0 Å². The SMILES string of the molecule is CC(O)CCC[C@H](O)/C=C/C1[C@@H](CCCc2ccc(C(=O)O)s2)C(Cl)C[C@H]1O. The van der Waals surface area contributed by atoms with Gasteiger partial charge in [-0.05, 0) is 69.9 Å². The number of rotatable bonds is 11. The van der Waals surface area contributed by atoms with Crippen molar-refractivity contribution in [2.45, 2.75) is 75.6 Å². The molecule has 1 aromatic heterocycles. The highest BCUT2D eigenvalue weighted by atomic mass is 35.5. The third-order valence-electron chi connectivity index (χ3n) is 5.38. The molecule has 0 amide bonds. The van der Waals surface area contributed by atoms with Crippen LogP contribution >= 0.6 is 22.9 Å². The van der Waals surface area contributed by atoms with Crippen LogP contribution in [0.5, 0.6) is 0 Å². The Morgan fingerprint density at radius 3 is 2.71 bits per heavy atom. The first-order chi connectivity index (χ1) is 13.3. The number of thiophene rings is 1. The van der Waals surface area contributed by atoms with E-state index in [1.54, 1.807) is 19.1 Å². The van der Waals surface area contributed by atoms with Gasteiger partial charge in [-0.3, -0.25) is 0 Å². The first-order valence-corrected chi connectivity index (χ1v) is 11.2. The van der Waals surface area contributed by atoms with E-state index in [1.807, 2.05) is 12.1 Å². The maximum atomic E-state index is 11.0. The van der Waals surface area contributed by atoms with Crippen LogP contribution in [0.4, 0.5) is 0 Å². The van der Waals surface area contributed by atoms with Gasteiger partial charge in [0.15, 0.2) is 0 Å². The molecule has 6 atom stereocenters. The monoisotopic (exact) mass is 430 g/mol. The van der Waals surface area contributed by atoms with Crippen molar-refractivity contribution in [1.29, 1.82) is 0 Å². The van der Waals surface area contributed by atoms with Crippen LogP contribution in [0, 0.1) is 11.8 Å². The largest absolute Gasteiger partial charge is 0.477 e. The fourth-order valence-electron chi connectivity index (χ4n) is 3.85. The van der Waals surface area contributed by atoms with Gasteiger partial charge in [0.1, 0.15) is 4.88 Å². The van der Waals surface area contributed by atoms with Gasteiger partial charge in [-0.2, -0.15) is 0 Å². The number of carbonyl (C=O) groups is 1. The summed E-state index contributed by atoms with van der Waals surface area (Å²) in [5.41, 5.74) is 0. The summed E-state index contributed by atoms with van der Waals surface area (Å²) in [6.45, 7) is 1.74. The van der Waals surface area contributed by atoms with Crippen LogP contribution in [-0.2, 0) is 6.42 Å². The summed E-state index contributed by atoms with van der Waals surface area (Å²) in [5, 5.41) is 38.6. The maximum Gasteiger partial charge on any atom is 0.345 e. The van der Waals surface area contributed by atoms with Crippen molar-refractivity contribution in [3.8, 4) is 0 Å². The Bertz CT molecular complexity index is 644. The molecule has 7 heteroatoms. The Balaban J connectivity index is 1.84. The van der Waals surface area contributed by atoms with Crippen LogP contribution in [0.15, 0.2) is 24.3 Å². The number of aryl methyl sites for hydroxylation is 1. The van der Waals surface area contributed by atoms with Crippen molar-refractivity contribution < 1.29 is 25.2 Å². The molecule has 0 radical (unpaired) electrons. The minimum atomic E-state index is -0.895. The lowest BCUT2D eigenvalue weighted by molar-refractivity contribution is 0.0702. The maximum absolute atomic E-state index is 11.0. The van der Waals surface area contributed by atoms with Crippen molar-refractivity contribution in [3.63, 3.8) is 0 Å². The normalized spacial score (nSPS) is 27.3. The quantitative estimate of drug-likeness (QED) is 0.316. The van der Waals surface area contributed by atoms with E-state index < -0.39 is 18.2 Å². The third-order valence-corrected chi connectivity index (χ3v) is 7.02. The summed E-state index contributed by atoms with van der Waals surface area (Å²) < 4.78 is 0. The molecule has 2 rings (SSSR count). The average molecular weight is 431 g/mol. The van der Waals surface area contributed by atoms with Gasteiger partial charge < -0.3 is 20.4 Å². The zero-order valence-electron chi connectivity index (χ0n) is 16.2. The lowest BCUT2D eigenvalue weighted by Crippen LogP contribution is -2.19. The van der Waals surface area contributed by atoms with E-state index in [-0.39, 0.29) is 23.3 Å². The number of hydrogen-bond acceptors (Lipinski definition) is 5. The summed E-state index contributed by atoms with van der Waals surface area (Å²) in [7, 11) is 0. The molecule has 3 unspecified atom stereocenters. The first-order valence-electron chi connectivity index (χ1n) is 9.96. The molecular formula is C21H31ClO5S. The van der Waals surface area contributed by atoms with Crippen LogP contribution in [-0.4, -0.2) is 50.1 Å². The van der Waals surface area contributed by atoms with Gasteiger partial charge in [-0.15, -0.1) is 22.9 Å². The second-order valence-corrected chi connectivity index (χ2v) is 9.48. The fourth-order valence-corrected chi connectivity index (χ4v) is 5.21. The van der Waals surface area contributed by atoms with Gasteiger partial charge in [0.05, 0.1) is 18.3 Å². The smallest absolute Gasteiger partial charge is 0.345 e. The molecule has 0 aliphatic heterocycles. The molecule has 28 heavy (non-hydrogen) atoms. The van der Waals surface area contributed by atoms with Crippen molar-refractivity contribution in [2.24, 2.45) is 11.8 Å². The molecule has 158 valence electrons. The number of halogens is 1. The molecule has 1 fully saturated rings. The number of carboxylic acids is 1. The highest BCUT2D eigenvalue weighted by molar-refractivity contribution is 7.13. The van der Waals surface area contributed by atoms with Gasteiger partial charge in [0.25, 0.3) is 0 Å². The van der Waals surface area contributed by atoms with Gasteiger partial charge >= 0.3 is 5.97 Å². The number of hydrogen-bond donors (Lipinski definition) is 4. The lowest BCUT2D eigenvalue weighted by Gasteiger charge is -2.21. The third kappa shape index (κ3) is 7.16. The van der Waals surface area contributed by atoms with Crippen LogP contribution in [0.1, 0.15) is 60.0 Å². The minimum absolute atomic E-state index is 0.0770. The second-order valence-electron chi connectivity index (χ2n) is 7.76. The Kier molecular flexibility index (Phi) is 9.44. The van der Waals surface area contributed by atoms with E-state index in [2.05, 4.69) is 0 Å². The Morgan fingerprint density at radius 2 is 2.07 bits per heavy atom. The van der Waals surface area contributed by atoms with Gasteiger partial charge in [-0.25, -0.2) is 4.79 Å². The molecular weight excluding hydrogens is 400 g/mol. The molecule has 0 bridgehead atoms. The van der Waals surface area contributed by atoms with E-state index in [9.17, 15) is 20.1 Å². The Hall–Kier alpha value is -0.920. The van der Waals surface area contributed by atoms with Crippen molar-refractivity contribution >= 4 is 28.9 Å². The molecule has 1 aliphatic rings. The van der Waals surface area contributed by atoms with Crippen molar-refractivity contribution in [3.05, 3.63) is 34.0 Å². The van der Waals surface area contributed by atoms with Crippen molar-refractivity contribution in [2.75, 3.05) is 0 Å². The molecule has 0 saturated heterocycles. The van der Waals surface area contributed by atoms with E-state index in [0.29, 0.717) is 24.1 Å². The molecule has 0 spiro atoms. The molecule has 5 nitrogen and oxygen atoms in total. The summed E-state index contributed by atoms with van der Waals surface area (Å²) in [6.07, 6.45) is 7.26. The standard InChI is InChI=1S/C21H31ClO5S/c1-13(23)4-2-5-14(24)8-10-17-16(18(22)12-19(17)25)7-3-6-15-9-11-20(28-15)21(26)27/h8-11,13-14,16-19,23-25H,2-7,12H2,1H3,(H,26,27)/b10-8+/t13?,14-,16+,17?,18?,19+/m0/s1. The second kappa shape index (κ2) is 11.3. The van der Waals surface area contributed by atoms with Gasteiger partial charge in [-0.1, -0.05) is 12.2 Å². The predicted molar refractivity (Wildman–Crippen MR) is 112 cm³/mol. The first kappa shape index (κ1) is 23.4. The van der Waals surface area contributed by atoms with E-state index >= 15 is 0 Å². The highest BCUT2D eigenvalue weighted by Crippen LogP contribution is 2.40. The summed E-state index contributed by atoms with van der Waals surface area (Å²) in [4.78, 5) is 12.4. The fraction of sp³-hybridized carbons (Fsp3) is 0.667. The number of aliphatic hydroxyl groups is 3. The lowest BCUT2D eigenvalue weighted by atomic mass is 9.89. The molecule has 1 aromatic rings. The van der Waals surface area contributed by atoms with Crippen LogP contribution in [0.2, 0.25) is 0 Å². The zero-order chi connectivity index (χ0) is 20.7. The minimum Gasteiger partial charge on any atom is -0.477 e. The molecule has 4 N–H and O–H groups in total. The number of aromatic carboxylic acids is 1. The molecule has 1 heterocycles. The number of aliphatic hydroxyl groups excluding tert-OH is 3. The molecule has 0 aromatic carbocycles. The topological polar surface area (TPSA) is 98.0 Å². The predicted octanol–water partition coefficient (Wildman–Crippen LogP) is 3.84. The Morgan fingerprint density at radius 1 is 1.32 bits per heavy atom. The highest BCUT2D eigenvalue weighted by Gasteiger charge is 2.39. The number of alkyl halides is 1. The average Bonchev–Trinajstić information content (AvgIpc) is 3.18. The van der Waals surface area contributed by atoms with E-state index in [4.69, 9.17) is 16.7 Å². The van der Waals surface area contributed by atoms with Gasteiger partial charge in [0, 0.05) is 16.2 Å². The Labute approximate surface area is 175 Å². The summed E-state index contributed by atoms with van der Waals surface area (Å²) >= 11 is 7.77. The molecule has 1 aliphatic carbocycles. The van der Waals surface area contributed by atoms with Crippen LogP contribution < -0.4 is 0 Å². The summed E-state index contributed by atoms with van der Waals surface area (Å²) in [6, 6.07) is 3.49. The number of carboxylic acid groups (broad SMARTS) is 1.